The molecular formula is C17H30N4O7S. The van der Waals surface area contributed by atoms with Crippen molar-refractivity contribution >= 4 is 42.3 Å². The van der Waals surface area contributed by atoms with Gasteiger partial charge in [0.15, 0.2) is 0 Å². The predicted molar refractivity (Wildman–Crippen MR) is 107 cm³/mol. The van der Waals surface area contributed by atoms with E-state index in [-0.39, 0.29) is 11.7 Å². The Bertz CT molecular complexity index is 627. The number of nitrogens with two attached hydrogens (primary N) is 1. The number of hydrogen-bond donors (Lipinski definition) is 7. The van der Waals surface area contributed by atoms with E-state index < -0.39 is 66.2 Å². The van der Waals surface area contributed by atoms with Gasteiger partial charge in [0, 0.05) is 5.75 Å². The maximum atomic E-state index is 12.5. The molecule has 7 N–H and O–H groups in total. The lowest BCUT2D eigenvalue weighted by Gasteiger charge is -2.26. The van der Waals surface area contributed by atoms with Gasteiger partial charge in [0.25, 0.3) is 0 Å². The third-order valence-electron chi connectivity index (χ3n) is 4.08. The number of aliphatic carboxylic acids is 2. The Labute approximate surface area is 174 Å². The first kappa shape index (κ1) is 26.7. The van der Waals surface area contributed by atoms with Gasteiger partial charge in [-0.15, -0.1) is 0 Å². The summed E-state index contributed by atoms with van der Waals surface area (Å²) in [6.07, 6.45) is -0.817. The molecule has 0 aromatic heterocycles. The van der Waals surface area contributed by atoms with Gasteiger partial charge >= 0.3 is 11.9 Å². The topological polar surface area (TPSA) is 188 Å². The number of carboxylic acids is 2. The maximum absolute atomic E-state index is 12.5. The van der Waals surface area contributed by atoms with Crippen molar-refractivity contribution in [3.63, 3.8) is 0 Å². The zero-order chi connectivity index (χ0) is 22.9. The fourth-order valence-corrected chi connectivity index (χ4v) is 2.45. The first-order valence-electron chi connectivity index (χ1n) is 9.03. The second-order valence-corrected chi connectivity index (χ2v) is 7.61. The van der Waals surface area contributed by atoms with Gasteiger partial charge in [-0.1, -0.05) is 27.7 Å². The van der Waals surface area contributed by atoms with Crippen molar-refractivity contribution in [1.29, 1.82) is 0 Å². The molecule has 0 fully saturated rings. The zero-order valence-corrected chi connectivity index (χ0v) is 17.7. The van der Waals surface area contributed by atoms with Crippen LogP contribution in [0.2, 0.25) is 0 Å². The van der Waals surface area contributed by atoms with E-state index in [0.717, 1.165) is 0 Å². The van der Waals surface area contributed by atoms with Gasteiger partial charge in [0.2, 0.25) is 17.7 Å². The Kier molecular flexibility index (Phi) is 11.3. The van der Waals surface area contributed by atoms with Crippen molar-refractivity contribution < 1.29 is 34.2 Å². The van der Waals surface area contributed by atoms with Crippen molar-refractivity contribution in [3.05, 3.63) is 0 Å². The van der Waals surface area contributed by atoms with Crippen LogP contribution in [-0.4, -0.2) is 69.8 Å². The van der Waals surface area contributed by atoms with Gasteiger partial charge in [-0.05, 0) is 11.8 Å². The van der Waals surface area contributed by atoms with E-state index >= 15 is 0 Å². The number of hydrogen-bond acceptors (Lipinski definition) is 7. The van der Waals surface area contributed by atoms with Crippen molar-refractivity contribution in [2.75, 3.05) is 5.75 Å². The van der Waals surface area contributed by atoms with Crippen molar-refractivity contribution in [2.24, 2.45) is 17.6 Å². The smallest absolute Gasteiger partial charge is 0.326 e. The fourth-order valence-electron chi connectivity index (χ4n) is 2.19. The zero-order valence-electron chi connectivity index (χ0n) is 16.8. The molecule has 11 nitrogen and oxygen atoms in total. The van der Waals surface area contributed by atoms with E-state index in [1.807, 2.05) is 0 Å². The highest BCUT2D eigenvalue weighted by atomic mass is 32.1. The number of rotatable bonds is 12. The Morgan fingerprint density at radius 2 is 1.34 bits per heavy atom. The van der Waals surface area contributed by atoms with E-state index in [1.165, 1.54) is 0 Å². The normalized spacial score (nSPS) is 15.2. The first-order valence-corrected chi connectivity index (χ1v) is 9.67. The van der Waals surface area contributed by atoms with Gasteiger partial charge in [-0.3, -0.25) is 19.2 Å². The molecule has 4 unspecified atom stereocenters. The van der Waals surface area contributed by atoms with Crippen LogP contribution in [0.5, 0.6) is 0 Å². The van der Waals surface area contributed by atoms with E-state index in [1.54, 1.807) is 27.7 Å². The minimum Gasteiger partial charge on any atom is -0.481 e. The summed E-state index contributed by atoms with van der Waals surface area (Å²) in [5.74, 6) is -5.70. The summed E-state index contributed by atoms with van der Waals surface area (Å²) in [4.78, 5) is 58.9. The third-order valence-corrected chi connectivity index (χ3v) is 4.44. The van der Waals surface area contributed by atoms with Crippen molar-refractivity contribution in [3.8, 4) is 0 Å². The van der Waals surface area contributed by atoms with Gasteiger partial charge < -0.3 is 31.9 Å². The Morgan fingerprint density at radius 1 is 0.828 bits per heavy atom. The van der Waals surface area contributed by atoms with Crippen LogP contribution in [0, 0.1) is 11.8 Å². The maximum Gasteiger partial charge on any atom is 0.326 e. The molecule has 166 valence electrons. The van der Waals surface area contributed by atoms with Crippen LogP contribution in [0.15, 0.2) is 0 Å². The second kappa shape index (κ2) is 12.3. The molecular weight excluding hydrogens is 404 g/mol. The minimum absolute atomic E-state index is 0.0639. The average Bonchev–Trinajstić information content (AvgIpc) is 2.61. The van der Waals surface area contributed by atoms with Crippen LogP contribution in [0.3, 0.4) is 0 Å². The minimum atomic E-state index is -1.65. The molecule has 0 radical (unpaired) electrons. The summed E-state index contributed by atoms with van der Waals surface area (Å²) < 4.78 is 0. The Morgan fingerprint density at radius 3 is 1.72 bits per heavy atom. The monoisotopic (exact) mass is 434 g/mol. The lowest BCUT2D eigenvalue weighted by atomic mass is 10.0. The largest absolute Gasteiger partial charge is 0.481 e. The van der Waals surface area contributed by atoms with Crippen LogP contribution >= 0.6 is 12.6 Å². The molecule has 0 bridgehead atoms. The van der Waals surface area contributed by atoms with Gasteiger partial charge in [-0.2, -0.15) is 12.6 Å². The third kappa shape index (κ3) is 9.13. The molecule has 0 aliphatic carbocycles. The Hall–Kier alpha value is -2.34. The summed E-state index contributed by atoms with van der Waals surface area (Å²) in [6.45, 7) is 6.71. The summed E-state index contributed by atoms with van der Waals surface area (Å²) in [5.41, 5.74) is 5.75. The molecule has 0 rings (SSSR count). The van der Waals surface area contributed by atoms with Gasteiger partial charge in [0.05, 0.1) is 12.5 Å². The van der Waals surface area contributed by atoms with Gasteiger partial charge in [-0.25, -0.2) is 4.79 Å². The van der Waals surface area contributed by atoms with Crippen LogP contribution in [-0.2, 0) is 24.0 Å². The molecule has 0 saturated carbocycles. The molecule has 0 saturated heterocycles. The van der Waals surface area contributed by atoms with Crippen LogP contribution in [0.4, 0.5) is 0 Å². The van der Waals surface area contributed by atoms with Crippen molar-refractivity contribution in [1.82, 2.24) is 16.0 Å². The number of nitrogens with one attached hydrogen (secondary N) is 3. The standard InChI is InChI=1S/C17H30N4O7S/c1-7(2)12(18)15(25)20-10(6-29)14(24)21-13(8(3)4)16(26)19-9(17(27)28)5-11(22)23/h7-10,12-13,29H,5-6,18H2,1-4H3,(H,19,26)(H,20,25)(H,21,24)(H,22,23)(H,27,28). The molecule has 3 amide bonds. The number of carboxylic acid groups (broad SMARTS) is 2. The number of carbonyl (C=O) groups is 5. The molecule has 0 spiro atoms. The lowest BCUT2D eigenvalue weighted by molar-refractivity contribution is -0.147. The first-order chi connectivity index (χ1) is 13.3. The Balaban J connectivity index is 5.22. The molecule has 0 aromatic rings. The number of amides is 3. The molecule has 0 aromatic carbocycles. The molecule has 0 aliphatic rings. The highest BCUT2D eigenvalue weighted by molar-refractivity contribution is 7.80. The molecule has 0 heterocycles. The average molecular weight is 435 g/mol. The van der Waals surface area contributed by atoms with E-state index in [0.29, 0.717) is 0 Å². The van der Waals surface area contributed by atoms with Gasteiger partial charge in [0.1, 0.15) is 18.1 Å². The van der Waals surface area contributed by atoms with E-state index in [4.69, 9.17) is 15.9 Å². The second-order valence-electron chi connectivity index (χ2n) is 7.24. The summed E-state index contributed by atoms with van der Waals surface area (Å²) >= 11 is 4.04. The van der Waals surface area contributed by atoms with Crippen LogP contribution < -0.4 is 21.7 Å². The molecule has 12 heteroatoms. The predicted octanol–water partition coefficient (Wildman–Crippen LogP) is -1.43. The molecule has 4 atom stereocenters. The van der Waals surface area contributed by atoms with Crippen LogP contribution in [0.1, 0.15) is 34.1 Å². The summed E-state index contributed by atoms with van der Waals surface area (Å²) in [5, 5.41) is 24.8. The fraction of sp³-hybridized carbons (Fsp3) is 0.706. The van der Waals surface area contributed by atoms with E-state index in [2.05, 4.69) is 28.6 Å². The molecule has 29 heavy (non-hydrogen) atoms. The SMILES string of the molecule is CC(C)C(N)C(=O)NC(CS)C(=O)NC(C(=O)NC(CC(=O)O)C(=O)O)C(C)C. The quantitative estimate of drug-likeness (QED) is 0.182. The number of thiol groups is 1. The highest BCUT2D eigenvalue weighted by Gasteiger charge is 2.32. The molecule has 0 aliphatic heterocycles. The van der Waals surface area contributed by atoms with Crippen LogP contribution in [0.25, 0.3) is 0 Å². The summed E-state index contributed by atoms with van der Waals surface area (Å²) in [7, 11) is 0. The summed E-state index contributed by atoms with van der Waals surface area (Å²) in [6, 6.07) is -4.71. The lowest BCUT2D eigenvalue weighted by Crippen LogP contribution is -2.59. The highest BCUT2D eigenvalue weighted by Crippen LogP contribution is 2.06. The van der Waals surface area contributed by atoms with E-state index in [9.17, 15) is 24.0 Å². The van der Waals surface area contributed by atoms with Crippen molar-refractivity contribution in [2.45, 2.75) is 58.3 Å². The number of carbonyl (C=O) groups excluding carboxylic acids is 3.